The van der Waals surface area contributed by atoms with Gasteiger partial charge in [-0.1, -0.05) is 23.7 Å². The minimum atomic E-state index is -4.67. The number of halogens is 4. The van der Waals surface area contributed by atoms with Crippen molar-refractivity contribution in [2.45, 2.75) is 13.1 Å². The minimum Gasteiger partial charge on any atom is -0.307 e. The zero-order valence-electron chi connectivity index (χ0n) is 9.68. The van der Waals surface area contributed by atoms with Crippen molar-refractivity contribution < 1.29 is 13.2 Å². The molecule has 2 rings (SSSR count). The highest BCUT2D eigenvalue weighted by atomic mass is 35.5. The van der Waals surface area contributed by atoms with Crippen LogP contribution in [0.1, 0.15) is 11.3 Å². The number of hydrogen-bond acceptors (Lipinski definition) is 2. The fraction of sp³-hybridized carbons (Fsp3) is 0.167. The van der Waals surface area contributed by atoms with E-state index in [0.717, 1.165) is 5.56 Å². The van der Waals surface area contributed by atoms with E-state index in [4.69, 9.17) is 11.6 Å². The Labute approximate surface area is 111 Å². The molecule has 19 heavy (non-hydrogen) atoms. The van der Waals surface area contributed by atoms with E-state index in [9.17, 15) is 18.0 Å². The quantitative estimate of drug-likeness (QED) is 0.874. The average molecular weight is 289 g/mol. The highest BCUT2D eigenvalue weighted by Gasteiger charge is 2.33. The Kier molecular flexibility index (Phi) is 3.36. The van der Waals surface area contributed by atoms with Gasteiger partial charge < -0.3 is 4.98 Å². The molecule has 3 nitrogen and oxygen atoms in total. The number of H-pyrrole nitrogens is 1. The number of aromatic amines is 1. The molecule has 0 atom stereocenters. The van der Waals surface area contributed by atoms with Crippen LogP contribution in [0, 0.1) is 6.92 Å². The first-order valence-corrected chi connectivity index (χ1v) is 5.60. The smallest absolute Gasteiger partial charge is 0.307 e. The maximum absolute atomic E-state index is 12.6. The summed E-state index contributed by atoms with van der Waals surface area (Å²) in [6.45, 7) is 1.76. The lowest BCUT2D eigenvalue weighted by Crippen LogP contribution is -2.16. The van der Waals surface area contributed by atoms with E-state index in [1.54, 1.807) is 19.1 Å². The summed E-state index contributed by atoms with van der Waals surface area (Å²) >= 11 is 5.89. The van der Waals surface area contributed by atoms with Crippen molar-refractivity contribution in [2.75, 3.05) is 0 Å². The van der Waals surface area contributed by atoms with Gasteiger partial charge in [0.15, 0.2) is 5.69 Å². The van der Waals surface area contributed by atoms with Gasteiger partial charge in [-0.2, -0.15) is 13.2 Å². The largest absolute Gasteiger partial charge is 0.433 e. The molecule has 0 aliphatic rings. The number of hydrogen-bond donors (Lipinski definition) is 1. The van der Waals surface area contributed by atoms with Crippen molar-refractivity contribution in [1.82, 2.24) is 9.97 Å². The van der Waals surface area contributed by atoms with Crippen LogP contribution in [0.5, 0.6) is 0 Å². The maximum Gasteiger partial charge on any atom is 0.433 e. The van der Waals surface area contributed by atoms with Crippen LogP contribution in [0.15, 0.2) is 29.1 Å². The number of rotatable bonds is 1. The second kappa shape index (κ2) is 4.70. The van der Waals surface area contributed by atoms with E-state index in [2.05, 4.69) is 9.97 Å². The summed E-state index contributed by atoms with van der Waals surface area (Å²) < 4.78 is 37.7. The molecule has 7 heteroatoms. The van der Waals surface area contributed by atoms with Crippen LogP contribution in [-0.2, 0) is 6.18 Å². The third-order valence-corrected chi connectivity index (χ3v) is 2.88. The average Bonchev–Trinajstić information content (AvgIpc) is 2.31. The SMILES string of the molecule is Cc1ccc(-c2nc(C(F)(F)F)cc(=O)[nH]2)cc1Cl. The highest BCUT2D eigenvalue weighted by molar-refractivity contribution is 6.31. The van der Waals surface area contributed by atoms with Crippen LogP contribution < -0.4 is 5.56 Å². The summed E-state index contributed by atoms with van der Waals surface area (Å²) in [5.41, 5.74) is -1.00. The first kappa shape index (κ1) is 13.6. The molecule has 1 aromatic carbocycles. The number of alkyl halides is 3. The Morgan fingerprint density at radius 3 is 2.53 bits per heavy atom. The zero-order chi connectivity index (χ0) is 14.2. The van der Waals surface area contributed by atoms with Gasteiger partial charge >= 0.3 is 6.18 Å². The Bertz CT molecular complexity index is 679. The number of benzene rings is 1. The fourth-order valence-electron chi connectivity index (χ4n) is 1.48. The maximum atomic E-state index is 12.6. The number of aryl methyl sites for hydroxylation is 1. The molecule has 0 aliphatic carbocycles. The van der Waals surface area contributed by atoms with Crippen molar-refractivity contribution in [1.29, 1.82) is 0 Å². The summed E-state index contributed by atoms with van der Waals surface area (Å²) in [6.07, 6.45) is -4.67. The topological polar surface area (TPSA) is 45.8 Å². The van der Waals surface area contributed by atoms with Gasteiger partial charge in [0, 0.05) is 16.7 Å². The Hall–Kier alpha value is -1.82. The summed E-state index contributed by atoms with van der Waals surface area (Å²) in [5, 5.41) is 0.387. The molecule has 0 saturated heterocycles. The lowest BCUT2D eigenvalue weighted by molar-refractivity contribution is -0.141. The highest BCUT2D eigenvalue weighted by Crippen LogP contribution is 2.28. The Morgan fingerprint density at radius 2 is 1.95 bits per heavy atom. The van der Waals surface area contributed by atoms with Gasteiger partial charge in [0.25, 0.3) is 5.56 Å². The summed E-state index contributed by atoms with van der Waals surface area (Å²) in [7, 11) is 0. The van der Waals surface area contributed by atoms with Gasteiger partial charge in [-0.3, -0.25) is 4.79 Å². The van der Waals surface area contributed by atoms with E-state index in [1.807, 2.05) is 0 Å². The number of nitrogens with one attached hydrogen (secondary N) is 1. The molecule has 0 unspecified atom stereocenters. The molecule has 0 radical (unpaired) electrons. The van der Waals surface area contributed by atoms with Gasteiger partial charge in [0.2, 0.25) is 0 Å². The molecule has 2 aromatic rings. The van der Waals surface area contributed by atoms with Crippen molar-refractivity contribution in [3.05, 3.63) is 50.9 Å². The molecule has 1 aromatic heterocycles. The van der Waals surface area contributed by atoms with Crippen LogP contribution in [0.3, 0.4) is 0 Å². The van der Waals surface area contributed by atoms with Gasteiger partial charge in [-0.15, -0.1) is 0 Å². The van der Waals surface area contributed by atoms with E-state index in [0.29, 0.717) is 16.7 Å². The molecule has 0 saturated carbocycles. The molecule has 0 amide bonds. The molecular formula is C12H8ClF3N2O. The van der Waals surface area contributed by atoms with Gasteiger partial charge in [-0.05, 0) is 18.6 Å². The molecular weight excluding hydrogens is 281 g/mol. The summed E-state index contributed by atoms with van der Waals surface area (Å²) in [4.78, 5) is 16.9. The Balaban J connectivity index is 2.59. The second-order valence-electron chi connectivity index (χ2n) is 3.94. The van der Waals surface area contributed by atoms with E-state index in [1.165, 1.54) is 6.07 Å². The standard InChI is InChI=1S/C12H8ClF3N2O/c1-6-2-3-7(4-8(6)13)11-17-9(12(14,15)16)5-10(19)18-11/h2-5H,1H3,(H,17,18,19). The van der Waals surface area contributed by atoms with E-state index < -0.39 is 17.4 Å². The van der Waals surface area contributed by atoms with Gasteiger partial charge in [0.05, 0.1) is 0 Å². The summed E-state index contributed by atoms with van der Waals surface area (Å²) in [5.74, 6) is -0.165. The molecule has 0 fully saturated rings. The van der Waals surface area contributed by atoms with Crippen molar-refractivity contribution in [3.63, 3.8) is 0 Å². The first-order valence-electron chi connectivity index (χ1n) is 5.22. The van der Waals surface area contributed by atoms with Crippen LogP contribution in [-0.4, -0.2) is 9.97 Å². The normalized spacial score (nSPS) is 11.6. The predicted molar refractivity (Wildman–Crippen MR) is 65.0 cm³/mol. The van der Waals surface area contributed by atoms with Crippen LogP contribution >= 0.6 is 11.6 Å². The van der Waals surface area contributed by atoms with Crippen LogP contribution in [0.25, 0.3) is 11.4 Å². The molecule has 1 heterocycles. The molecule has 0 spiro atoms. The minimum absolute atomic E-state index is 0.165. The van der Waals surface area contributed by atoms with Gasteiger partial charge in [0.1, 0.15) is 5.82 Å². The van der Waals surface area contributed by atoms with Crippen molar-refractivity contribution >= 4 is 11.6 Å². The van der Waals surface area contributed by atoms with Gasteiger partial charge in [-0.25, -0.2) is 4.98 Å². The number of aromatic nitrogens is 2. The lowest BCUT2D eigenvalue weighted by atomic mass is 10.1. The van der Waals surface area contributed by atoms with Crippen molar-refractivity contribution in [2.24, 2.45) is 0 Å². The third-order valence-electron chi connectivity index (χ3n) is 2.48. The molecule has 0 aliphatic heterocycles. The van der Waals surface area contributed by atoms with Crippen LogP contribution in [0.2, 0.25) is 5.02 Å². The zero-order valence-corrected chi connectivity index (χ0v) is 10.4. The predicted octanol–water partition coefficient (Wildman–Crippen LogP) is 3.42. The molecule has 0 bridgehead atoms. The summed E-state index contributed by atoms with van der Waals surface area (Å²) in [6, 6.07) is 5.05. The van der Waals surface area contributed by atoms with Crippen molar-refractivity contribution in [3.8, 4) is 11.4 Å². The van der Waals surface area contributed by atoms with E-state index >= 15 is 0 Å². The van der Waals surface area contributed by atoms with E-state index in [-0.39, 0.29) is 5.82 Å². The fourth-order valence-corrected chi connectivity index (χ4v) is 1.66. The Morgan fingerprint density at radius 1 is 1.26 bits per heavy atom. The third kappa shape index (κ3) is 2.96. The molecule has 100 valence electrons. The first-order chi connectivity index (χ1) is 8.77. The second-order valence-corrected chi connectivity index (χ2v) is 4.35. The van der Waals surface area contributed by atoms with Crippen LogP contribution in [0.4, 0.5) is 13.2 Å². The number of nitrogens with zero attached hydrogens (tertiary/aromatic N) is 1. The lowest BCUT2D eigenvalue weighted by Gasteiger charge is -2.08. The monoisotopic (exact) mass is 288 g/mol. The molecule has 1 N–H and O–H groups in total.